The maximum atomic E-state index is 11.4. The van der Waals surface area contributed by atoms with Crippen LogP contribution in [0.2, 0.25) is 0 Å². The SMILES string of the molecule is C=C1Oc2cc(-c3cc(C(=O)O)cc(C(=O)O)c3)cc(O)c2[C@@H]2C=C(C)CC[C@@H]12. The van der Waals surface area contributed by atoms with Crippen LogP contribution in [0.4, 0.5) is 0 Å². The van der Waals surface area contributed by atoms with Crippen molar-refractivity contribution in [3.8, 4) is 22.6 Å². The second kappa shape index (κ2) is 6.81. The summed E-state index contributed by atoms with van der Waals surface area (Å²) in [5, 5.41) is 29.4. The Balaban J connectivity index is 1.87. The van der Waals surface area contributed by atoms with E-state index in [0.717, 1.165) is 18.9 Å². The van der Waals surface area contributed by atoms with Gasteiger partial charge in [-0.15, -0.1) is 0 Å². The van der Waals surface area contributed by atoms with E-state index in [0.29, 0.717) is 28.2 Å². The second-order valence-electron chi connectivity index (χ2n) is 7.57. The molecule has 0 radical (unpaired) electrons. The summed E-state index contributed by atoms with van der Waals surface area (Å²) in [4.78, 5) is 22.8. The molecule has 2 aromatic carbocycles. The molecule has 1 heterocycles. The lowest BCUT2D eigenvalue weighted by Gasteiger charge is -2.37. The summed E-state index contributed by atoms with van der Waals surface area (Å²) in [5.74, 6) is -1.28. The number of hydrogen-bond acceptors (Lipinski definition) is 4. The summed E-state index contributed by atoms with van der Waals surface area (Å²) in [6, 6.07) is 7.08. The molecule has 29 heavy (non-hydrogen) atoms. The molecule has 4 rings (SSSR count). The minimum absolute atomic E-state index is 0.0311. The van der Waals surface area contributed by atoms with Gasteiger partial charge in [0.05, 0.1) is 11.1 Å². The first-order chi connectivity index (χ1) is 13.7. The second-order valence-corrected chi connectivity index (χ2v) is 7.57. The third kappa shape index (κ3) is 3.27. The highest BCUT2D eigenvalue weighted by Gasteiger charge is 2.37. The largest absolute Gasteiger partial charge is 0.507 e. The Bertz CT molecular complexity index is 1060. The van der Waals surface area contributed by atoms with E-state index >= 15 is 0 Å². The number of allylic oxidation sites excluding steroid dienone is 3. The number of aromatic carboxylic acids is 2. The lowest BCUT2D eigenvalue weighted by atomic mass is 9.74. The van der Waals surface area contributed by atoms with E-state index in [1.807, 2.05) is 0 Å². The Hall–Kier alpha value is -3.54. The molecule has 6 heteroatoms. The smallest absolute Gasteiger partial charge is 0.335 e. The molecular weight excluding hydrogens is 372 g/mol. The normalized spacial score (nSPS) is 20.2. The van der Waals surface area contributed by atoms with Crippen LogP contribution in [0.3, 0.4) is 0 Å². The molecule has 0 amide bonds. The summed E-state index contributed by atoms with van der Waals surface area (Å²) in [7, 11) is 0. The van der Waals surface area contributed by atoms with Gasteiger partial charge in [-0.2, -0.15) is 0 Å². The molecule has 2 aromatic rings. The quantitative estimate of drug-likeness (QED) is 0.648. The van der Waals surface area contributed by atoms with Crippen molar-refractivity contribution < 1.29 is 29.6 Å². The Morgan fingerprint density at radius 3 is 2.28 bits per heavy atom. The highest BCUT2D eigenvalue weighted by Crippen LogP contribution is 2.51. The van der Waals surface area contributed by atoms with Crippen LogP contribution in [0.1, 0.15) is 52.0 Å². The molecule has 0 unspecified atom stereocenters. The third-order valence-corrected chi connectivity index (χ3v) is 5.62. The van der Waals surface area contributed by atoms with Gasteiger partial charge < -0.3 is 20.1 Å². The fraction of sp³-hybridized carbons (Fsp3) is 0.217. The first kappa shape index (κ1) is 18.8. The first-order valence-electron chi connectivity index (χ1n) is 9.27. The van der Waals surface area contributed by atoms with Gasteiger partial charge in [0, 0.05) is 17.4 Å². The van der Waals surface area contributed by atoms with E-state index in [4.69, 9.17) is 4.74 Å². The Kier molecular flexibility index (Phi) is 4.42. The van der Waals surface area contributed by atoms with Crippen LogP contribution in [0.25, 0.3) is 11.1 Å². The van der Waals surface area contributed by atoms with Gasteiger partial charge in [0.15, 0.2) is 0 Å². The third-order valence-electron chi connectivity index (χ3n) is 5.62. The number of hydrogen-bond donors (Lipinski definition) is 3. The monoisotopic (exact) mass is 392 g/mol. The average molecular weight is 392 g/mol. The van der Waals surface area contributed by atoms with Crippen LogP contribution in [-0.2, 0) is 0 Å². The number of carbonyl (C=O) groups is 2. The predicted octanol–water partition coefficient (Wildman–Crippen LogP) is 4.80. The van der Waals surface area contributed by atoms with Crippen LogP contribution < -0.4 is 4.74 Å². The maximum absolute atomic E-state index is 11.4. The fourth-order valence-corrected chi connectivity index (χ4v) is 4.17. The highest BCUT2D eigenvalue weighted by molar-refractivity contribution is 5.96. The zero-order valence-electron chi connectivity index (χ0n) is 15.8. The van der Waals surface area contributed by atoms with Crippen molar-refractivity contribution in [1.29, 1.82) is 0 Å². The van der Waals surface area contributed by atoms with Crippen LogP contribution in [0, 0.1) is 5.92 Å². The van der Waals surface area contributed by atoms with E-state index < -0.39 is 11.9 Å². The van der Waals surface area contributed by atoms with Crippen LogP contribution in [0.15, 0.2) is 54.3 Å². The highest BCUT2D eigenvalue weighted by atomic mass is 16.5. The van der Waals surface area contributed by atoms with Crippen molar-refractivity contribution in [2.75, 3.05) is 0 Å². The van der Waals surface area contributed by atoms with Crippen molar-refractivity contribution >= 4 is 11.9 Å². The number of benzene rings is 2. The van der Waals surface area contributed by atoms with Gasteiger partial charge in [-0.3, -0.25) is 0 Å². The van der Waals surface area contributed by atoms with Crippen molar-refractivity contribution in [3.05, 3.63) is 71.0 Å². The zero-order chi connectivity index (χ0) is 20.9. The molecule has 148 valence electrons. The number of aromatic hydroxyl groups is 1. The number of fused-ring (bicyclic) bond motifs is 3. The minimum Gasteiger partial charge on any atom is -0.507 e. The number of ether oxygens (including phenoxy) is 1. The van der Waals surface area contributed by atoms with Crippen molar-refractivity contribution in [1.82, 2.24) is 0 Å². The van der Waals surface area contributed by atoms with Gasteiger partial charge in [-0.05, 0) is 61.2 Å². The van der Waals surface area contributed by atoms with Crippen molar-refractivity contribution in [3.63, 3.8) is 0 Å². The Labute approximate surface area is 167 Å². The van der Waals surface area contributed by atoms with E-state index in [1.165, 1.54) is 23.8 Å². The lowest BCUT2D eigenvalue weighted by Crippen LogP contribution is -2.25. The van der Waals surface area contributed by atoms with E-state index in [9.17, 15) is 24.9 Å². The number of phenolic OH excluding ortho intramolecular Hbond substituents is 1. The molecule has 0 saturated carbocycles. The molecule has 0 bridgehead atoms. The molecule has 0 saturated heterocycles. The van der Waals surface area contributed by atoms with E-state index in [1.54, 1.807) is 6.07 Å². The summed E-state index contributed by atoms with van der Waals surface area (Å²) in [6.45, 7) is 6.10. The van der Waals surface area contributed by atoms with Crippen LogP contribution >= 0.6 is 0 Å². The molecule has 1 aliphatic carbocycles. The van der Waals surface area contributed by atoms with Crippen LogP contribution in [-0.4, -0.2) is 27.3 Å². The summed E-state index contributed by atoms with van der Waals surface area (Å²) in [5.41, 5.74) is 2.47. The van der Waals surface area contributed by atoms with Crippen LogP contribution in [0.5, 0.6) is 11.5 Å². The van der Waals surface area contributed by atoms with Gasteiger partial charge in [0.2, 0.25) is 0 Å². The Morgan fingerprint density at radius 1 is 1.03 bits per heavy atom. The maximum Gasteiger partial charge on any atom is 0.335 e. The first-order valence-corrected chi connectivity index (χ1v) is 9.27. The number of phenols is 1. The molecule has 2 aliphatic rings. The van der Waals surface area contributed by atoms with E-state index in [-0.39, 0.29) is 28.7 Å². The van der Waals surface area contributed by atoms with Gasteiger partial charge in [0.1, 0.15) is 17.3 Å². The fourth-order valence-electron chi connectivity index (χ4n) is 4.17. The lowest BCUT2D eigenvalue weighted by molar-refractivity contribution is 0.0696. The summed E-state index contributed by atoms with van der Waals surface area (Å²) < 4.78 is 5.92. The standard InChI is InChI=1S/C23H20O6/c1-11-3-4-17-12(2)29-20-10-14(9-19(24)21(20)18(17)5-11)13-6-15(22(25)26)8-16(7-13)23(27)28/h5-10,17-18,24H,2-4H2,1H3,(H,25,26)(H,27,28)/t17-,18+/m0/s1. The van der Waals surface area contributed by atoms with Crippen molar-refractivity contribution in [2.24, 2.45) is 5.92 Å². The predicted molar refractivity (Wildman–Crippen MR) is 106 cm³/mol. The van der Waals surface area contributed by atoms with Gasteiger partial charge in [0.25, 0.3) is 0 Å². The number of rotatable bonds is 3. The molecule has 1 aliphatic heterocycles. The number of carboxylic acids is 2. The van der Waals surface area contributed by atoms with Gasteiger partial charge >= 0.3 is 11.9 Å². The topological polar surface area (TPSA) is 104 Å². The zero-order valence-corrected chi connectivity index (χ0v) is 15.8. The van der Waals surface area contributed by atoms with Gasteiger partial charge in [-0.25, -0.2) is 9.59 Å². The van der Waals surface area contributed by atoms with Gasteiger partial charge in [-0.1, -0.05) is 18.2 Å². The molecule has 2 atom stereocenters. The molecule has 0 spiro atoms. The Morgan fingerprint density at radius 2 is 1.66 bits per heavy atom. The molecule has 0 fully saturated rings. The van der Waals surface area contributed by atoms with Crippen molar-refractivity contribution in [2.45, 2.75) is 25.7 Å². The molecule has 3 N–H and O–H groups in total. The summed E-state index contributed by atoms with van der Waals surface area (Å²) in [6.07, 6.45) is 3.99. The average Bonchev–Trinajstić information content (AvgIpc) is 2.66. The number of carboxylic acid groups (broad SMARTS) is 2. The molecular formula is C23H20O6. The minimum atomic E-state index is -1.23. The van der Waals surface area contributed by atoms with E-state index in [2.05, 4.69) is 19.6 Å². The summed E-state index contributed by atoms with van der Waals surface area (Å²) >= 11 is 0. The molecule has 0 aromatic heterocycles. The molecule has 6 nitrogen and oxygen atoms in total.